The van der Waals surface area contributed by atoms with Gasteiger partial charge in [0.25, 0.3) is 5.91 Å². The molecule has 1 amide bonds. The number of nitrogens with zero attached hydrogens (tertiary/aromatic N) is 1. The fourth-order valence-corrected chi connectivity index (χ4v) is 3.63. The topological polar surface area (TPSA) is 50.8 Å². The van der Waals surface area contributed by atoms with Crippen molar-refractivity contribution in [3.63, 3.8) is 0 Å². The summed E-state index contributed by atoms with van der Waals surface area (Å²) in [5, 5.41) is 3.04. The lowest BCUT2D eigenvalue weighted by Crippen LogP contribution is -2.37. The number of carbonyl (C=O) groups excluding carboxylic acids is 1. The Kier molecular flexibility index (Phi) is 5.97. The van der Waals surface area contributed by atoms with Crippen molar-refractivity contribution in [2.45, 2.75) is 51.7 Å². The minimum atomic E-state index is -0.456. The van der Waals surface area contributed by atoms with Gasteiger partial charge in [-0.05, 0) is 55.4 Å². The number of hydrogen-bond acceptors (Lipinski definition) is 4. The highest BCUT2D eigenvalue weighted by Gasteiger charge is 2.26. The van der Waals surface area contributed by atoms with Crippen molar-refractivity contribution in [1.82, 2.24) is 0 Å². The molecule has 2 heterocycles. The molecule has 1 N–H and O–H groups in total. The van der Waals surface area contributed by atoms with Gasteiger partial charge in [-0.15, -0.1) is 0 Å². The third-order valence-electron chi connectivity index (χ3n) is 5.05. The molecule has 138 valence electrons. The maximum Gasteiger partial charge on any atom is 0.253 e. The molecule has 1 saturated heterocycles. The average molecular weight is 346 g/mol. The molecule has 0 unspecified atom stereocenters. The van der Waals surface area contributed by atoms with Crippen LogP contribution >= 0.6 is 0 Å². The molecule has 0 aliphatic carbocycles. The van der Waals surface area contributed by atoms with Gasteiger partial charge >= 0.3 is 0 Å². The number of ether oxygens (including phenoxy) is 2. The van der Waals surface area contributed by atoms with E-state index in [0.29, 0.717) is 6.61 Å². The summed E-state index contributed by atoms with van der Waals surface area (Å²) >= 11 is 0. The first-order chi connectivity index (χ1) is 12.0. The average Bonchev–Trinajstić information content (AvgIpc) is 3.08. The summed E-state index contributed by atoms with van der Waals surface area (Å²) in [6.07, 6.45) is 3.99. The molecule has 5 heteroatoms. The predicted molar refractivity (Wildman–Crippen MR) is 100 cm³/mol. The van der Waals surface area contributed by atoms with E-state index in [1.54, 1.807) is 0 Å². The van der Waals surface area contributed by atoms with Crippen LogP contribution in [0.2, 0.25) is 0 Å². The number of anilines is 2. The van der Waals surface area contributed by atoms with Crippen molar-refractivity contribution in [2.75, 3.05) is 37.0 Å². The van der Waals surface area contributed by atoms with E-state index < -0.39 is 6.10 Å². The van der Waals surface area contributed by atoms with E-state index in [1.807, 2.05) is 19.9 Å². The molecule has 0 spiro atoms. The first kappa shape index (κ1) is 18.2. The van der Waals surface area contributed by atoms with Crippen LogP contribution in [0.5, 0.6) is 0 Å². The van der Waals surface area contributed by atoms with Crippen molar-refractivity contribution < 1.29 is 14.3 Å². The fourth-order valence-electron chi connectivity index (χ4n) is 3.63. The van der Waals surface area contributed by atoms with Crippen molar-refractivity contribution in [2.24, 2.45) is 5.92 Å². The van der Waals surface area contributed by atoms with Crippen LogP contribution in [0.15, 0.2) is 18.2 Å². The summed E-state index contributed by atoms with van der Waals surface area (Å²) in [6.45, 7) is 6.41. The molecule has 2 aliphatic heterocycles. The molecule has 1 aromatic carbocycles. The Labute approximate surface area is 150 Å². The largest absolute Gasteiger partial charge is 0.376 e. The smallest absolute Gasteiger partial charge is 0.253 e. The fraction of sp³-hybridized carbons (Fsp3) is 0.650. The van der Waals surface area contributed by atoms with Crippen molar-refractivity contribution in [3.05, 3.63) is 23.8 Å². The molecule has 0 aromatic heterocycles. The first-order valence-electron chi connectivity index (χ1n) is 9.42. The van der Waals surface area contributed by atoms with E-state index in [2.05, 4.69) is 29.4 Å². The van der Waals surface area contributed by atoms with Crippen LogP contribution < -0.4 is 10.2 Å². The minimum Gasteiger partial charge on any atom is -0.376 e. The van der Waals surface area contributed by atoms with Gasteiger partial charge in [0.2, 0.25) is 0 Å². The quantitative estimate of drug-likeness (QED) is 0.859. The van der Waals surface area contributed by atoms with Crippen LogP contribution in [0, 0.1) is 5.92 Å². The third kappa shape index (κ3) is 4.53. The number of fused-ring (bicyclic) bond motifs is 1. The van der Waals surface area contributed by atoms with Crippen LogP contribution in [0.3, 0.4) is 0 Å². The highest BCUT2D eigenvalue weighted by molar-refractivity contribution is 5.94. The predicted octanol–water partition coefficient (Wildman–Crippen LogP) is 3.23. The molecule has 3 rings (SSSR count). The minimum absolute atomic E-state index is 0.0721. The van der Waals surface area contributed by atoms with Crippen molar-refractivity contribution >= 4 is 17.3 Å². The molecule has 0 bridgehead atoms. The first-order valence-corrected chi connectivity index (χ1v) is 9.42. The van der Waals surface area contributed by atoms with Gasteiger partial charge in [-0.25, -0.2) is 0 Å². The molecule has 0 saturated carbocycles. The van der Waals surface area contributed by atoms with Gasteiger partial charge in [-0.2, -0.15) is 0 Å². The second-order valence-electron chi connectivity index (χ2n) is 7.49. The lowest BCUT2D eigenvalue weighted by molar-refractivity contribution is -0.132. The van der Waals surface area contributed by atoms with Gasteiger partial charge < -0.3 is 19.7 Å². The molecule has 1 fully saturated rings. The van der Waals surface area contributed by atoms with Gasteiger partial charge in [0.15, 0.2) is 0 Å². The number of benzene rings is 1. The molecular formula is C20H30N2O3. The summed E-state index contributed by atoms with van der Waals surface area (Å²) in [6, 6.07) is 6.18. The van der Waals surface area contributed by atoms with Gasteiger partial charge in [-0.1, -0.05) is 13.8 Å². The Bertz CT molecular complexity index is 597. The monoisotopic (exact) mass is 346 g/mol. The maximum atomic E-state index is 12.7. The van der Waals surface area contributed by atoms with Gasteiger partial charge in [0.1, 0.15) is 6.10 Å². The van der Waals surface area contributed by atoms with Crippen LogP contribution in [0.4, 0.5) is 11.4 Å². The van der Waals surface area contributed by atoms with E-state index in [4.69, 9.17) is 9.47 Å². The normalized spacial score (nSPS) is 21.3. The Morgan fingerprint density at radius 3 is 2.96 bits per heavy atom. The number of carbonyl (C=O) groups is 1. The zero-order valence-corrected chi connectivity index (χ0v) is 15.6. The van der Waals surface area contributed by atoms with E-state index in [1.165, 1.54) is 11.3 Å². The summed E-state index contributed by atoms with van der Waals surface area (Å²) in [5.41, 5.74) is 3.41. The zero-order valence-electron chi connectivity index (χ0n) is 15.6. The highest BCUT2D eigenvalue weighted by Crippen LogP contribution is 2.28. The van der Waals surface area contributed by atoms with Crippen molar-refractivity contribution in [3.8, 4) is 0 Å². The number of nitrogens with one attached hydrogen (secondary N) is 1. The molecule has 5 nitrogen and oxygen atoms in total. The number of rotatable bonds is 6. The van der Waals surface area contributed by atoms with Crippen molar-refractivity contribution in [1.29, 1.82) is 0 Å². The molecule has 2 atom stereocenters. The molecule has 0 radical (unpaired) electrons. The summed E-state index contributed by atoms with van der Waals surface area (Å²) in [7, 11) is 2.12. The van der Waals surface area contributed by atoms with Crippen LogP contribution in [0.1, 0.15) is 38.7 Å². The lowest BCUT2D eigenvalue weighted by Gasteiger charge is -2.28. The van der Waals surface area contributed by atoms with Gasteiger partial charge in [-0.3, -0.25) is 4.79 Å². The Balaban J connectivity index is 1.62. The number of hydrogen-bond donors (Lipinski definition) is 1. The van der Waals surface area contributed by atoms with E-state index >= 15 is 0 Å². The molecule has 2 aliphatic rings. The third-order valence-corrected chi connectivity index (χ3v) is 5.05. The number of amides is 1. The van der Waals surface area contributed by atoms with Crippen LogP contribution in [-0.2, 0) is 20.7 Å². The summed E-state index contributed by atoms with van der Waals surface area (Å²) < 4.78 is 11.5. The highest BCUT2D eigenvalue weighted by atomic mass is 16.5. The number of aryl methyl sites for hydroxylation is 1. The standard InChI is InChI=1S/C20H30N2O3/c1-14(2)19(25-13-17-7-5-11-24-17)20(23)21-16-8-9-18-15(12-16)6-4-10-22(18)3/h8-9,12,14,17,19H,4-7,10-11,13H2,1-3H3,(H,21,23)/t17-,19+/m0/s1. The summed E-state index contributed by atoms with van der Waals surface area (Å²) in [4.78, 5) is 15.0. The molecule has 1 aromatic rings. The summed E-state index contributed by atoms with van der Waals surface area (Å²) in [5.74, 6) is 0.0438. The SMILES string of the molecule is CC(C)[C@@H](OC[C@@H]1CCCO1)C(=O)Nc1ccc2c(c1)CCCN2C. The van der Waals surface area contributed by atoms with Crippen LogP contribution in [-0.4, -0.2) is 44.9 Å². The lowest BCUT2D eigenvalue weighted by atomic mass is 10.0. The second kappa shape index (κ2) is 8.19. The molecular weight excluding hydrogens is 316 g/mol. The Hall–Kier alpha value is -1.59. The van der Waals surface area contributed by atoms with E-state index in [0.717, 1.165) is 44.5 Å². The van der Waals surface area contributed by atoms with E-state index in [9.17, 15) is 4.79 Å². The molecule has 25 heavy (non-hydrogen) atoms. The second-order valence-corrected chi connectivity index (χ2v) is 7.49. The van der Waals surface area contributed by atoms with Crippen LogP contribution in [0.25, 0.3) is 0 Å². The Morgan fingerprint density at radius 2 is 2.24 bits per heavy atom. The maximum absolute atomic E-state index is 12.7. The Morgan fingerprint density at radius 1 is 1.40 bits per heavy atom. The van der Waals surface area contributed by atoms with Gasteiger partial charge in [0.05, 0.1) is 12.7 Å². The van der Waals surface area contributed by atoms with Gasteiger partial charge in [0, 0.05) is 31.6 Å². The van der Waals surface area contributed by atoms with E-state index in [-0.39, 0.29) is 17.9 Å². The zero-order chi connectivity index (χ0) is 17.8.